The molecule has 2 heterocycles. The SMILES string of the molecule is O=C(c1ccccc1)N1CCC[C@H]1c1ccsc1. The maximum Gasteiger partial charge on any atom is 0.254 e. The van der Waals surface area contributed by atoms with Crippen molar-refractivity contribution >= 4 is 17.2 Å². The van der Waals surface area contributed by atoms with Crippen LogP contribution in [-0.4, -0.2) is 17.4 Å². The Morgan fingerprint density at radius 2 is 2.06 bits per heavy atom. The number of rotatable bonds is 2. The van der Waals surface area contributed by atoms with Gasteiger partial charge in [0.1, 0.15) is 0 Å². The highest BCUT2D eigenvalue weighted by atomic mass is 32.1. The van der Waals surface area contributed by atoms with Crippen LogP contribution < -0.4 is 0 Å². The van der Waals surface area contributed by atoms with Gasteiger partial charge >= 0.3 is 0 Å². The minimum atomic E-state index is 0.157. The van der Waals surface area contributed by atoms with E-state index in [9.17, 15) is 4.79 Å². The van der Waals surface area contributed by atoms with E-state index in [1.165, 1.54) is 5.56 Å². The summed E-state index contributed by atoms with van der Waals surface area (Å²) in [6.45, 7) is 0.869. The van der Waals surface area contributed by atoms with Crippen LogP contribution in [0, 0.1) is 0 Å². The Morgan fingerprint density at radius 1 is 1.22 bits per heavy atom. The summed E-state index contributed by atoms with van der Waals surface area (Å²) in [6, 6.07) is 12.0. The quantitative estimate of drug-likeness (QED) is 0.803. The molecule has 92 valence electrons. The summed E-state index contributed by atoms with van der Waals surface area (Å²) < 4.78 is 0. The normalized spacial score (nSPS) is 19.1. The van der Waals surface area contributed by atoms with Crippen LogP contribution in [0.25, 0.3) is 0 Å². The second-order valence-corrected chi connectivity index (χ2v) is 5.36. The second-order valence-electron chi connectivity index (χ2n) is 4.58. The van der Waals surface area contributed by atoms with E-state index in [1.807, 2.05) is 35.2 Å². The topological polar surface area (TPSA) is 20.3 Å². The molecule has 1 aliphatic heterocycles. The summed E-state index contributed by atoms with van der Waals surface area (Å²) >= 11 is 1.70. The number of thiophene rings is 1. The second kappa shape index (κ2) is 4.94. The summed E-state index contributed by atoms with van der Waals surface area (Å²) in [4.78, 5) is 14.5. The molecule has 18 heavy (non-hydrogen) atoms. The van der Waals surface area contributed by atoms with Crippen LogP contribution in [0.5, 0.6) is 0 Å². The first-order chi connectivity index (χ1) is 8.86. The lowest BCUT2D eigenvalue weighted by molar-refractivity contribution is 0.0736. The third kappa shape index (κ3) is 2.06. The maximum atomic E-state index is 12.5. The fourth-order valence-electron chi connectivity index (χ4n) is 2.57. The van der Waals surface area contributed by atoms with Gasteiger partial charge in [-0.05, 0) is 47.4 Å². The van der Waals surface area contributed by atoms with Crippen molar-refractivity contribution in [2.24, 2.45) is 0 Å². The van der Waals surface area contributed by atoms with Gasteiger partial charge in [-0.15, -0.1) is 0 Å². The molecule has 1 amide bonds. The Hall–Kier alpha value is -1.61. The van der Waals surface area contributed by atoms with E-state index < -0.39 is 0 Å². The number of benzene rings is 1. The van der Waals surface area contributed by atoms with Gasteiger partial charge in [0.25, 0.3) is 5.91 Å². The molecule has 3 rings (SSSR count). The molecular weight excluding hydrogens is 242 g/mol. The number of likely N-dealkylation sites (tertiary alicyclic amines) is 1. The molecule has 1 atom stereocenters. The van der Waals surface area contributed by atoms with Crippen molar-refractivity contribution in [2.75, 3.05) is 6.54 Å². The Labute approximate surface area is 111 Å². The first-order valence-corrected chi connectivity index (χ1v) is 7.18. The minimum Gasteiger partial charge on any atom is -0.332 e. The van der Waals surface area contributed by atoms with Gasteiger partial charge in [0.05, 0.1) is 6.04 Å². The van der Waals surface area contributed by atoms with Crippen molar-refractivity contribution in [2.45, 2.75) is 18.9 Å². The van der Waals surface area contributed by atoms with Gasteiger partial charge in [0.2, 0.25) is 0 Å². The first-order valence-electron chi connectivity index (χ1n) is 6.24. The molecule has 2 nitrogen and oxygen atoms in total. The van der Waals surface area contributed by atoms with Gasteiger partial charge in [0, 0.05) is 12.1 Å². The zero-order chi connectivity index (χ0) is 12.4. The van der Waals surface area contributed by atoms with Crippen LogP contribution in [0.4, 0.5) is 0 Å². The molecule has 3 heteroatoms. The third-order valence-electron chi connectivity index (χ3n) is 3.46. The number of hydrogen-bond donors (Lipinski definition) is 0. The van der Waals surface area contributed by atoms with E-state index in [2.05, 4.69) is 16.8 Å². The summed E-state index contributed by atoms with van der Waals surface area (Å²) in [5, 5.41) is 4.24. The summed E-state index contributed by atoms with van der Waals surface area (Å²) in [5.41, 5.74) is 2.07. The van der Waals surface area contributed by atoms with Crippen LogP contribution in [-0.2, 0) is 0 Å². The third-order valence-corrected chi connectivity index (χ3v) is 4.16. The van der Waals surface area contributed by atoms with Crippen molar-refractivity contribution in [1.82, 2.24) is 4.90 Å². The van der Waals surface area contributed by atoms with Gasteiger partial charge < -0.3 is 4.90 Å². The summed E-state index contributed by atoms with van der Waals surface area (Å²) in [7, 11) is 0. The Morgan fingerprint density at radius 3 is 2.78 bits per heavy atom. The summed E-state index contributed by atoms with van der Waals surface area (Å²) in [5.74, 6) is 0.157. The standard InChI is InChI=1S/C15H15NOS/c17-15(12-5-2-1-3-6-12)16-9-4-7-14(16)13-8-10-18-11-13/h1-3,5-6,8,10-11,14H,4,7,9H2/t14-/m0/s1. The molecule has 1 aromatic carbocycles. The molecule has 1 saturated heterocycles. The zero-order valence-electron chi connectivity index (χ0n) is 10.1. The Kier molecular flexibility index (Phi) is 3.15. The monoisotopic (exact) mass is 257 g/mol. The summed E-state index contributed by atoms with van der Waals surface area (Å²) in [6.07, 6.45) is 2.17. The van der Waals surface area contributed by atoms with Crippen LogP contribution in [0.3, 0.4) is 0 Å². The van der Waals surface area contributed by atoms with Gasteiger partial charge in [-0.1, -0.05) is 18.2 Å². The molecular formula is C15H15NOS. The van der Waals surface area contributed by atoms with E-state index in [0.717, 1.165) is 24.9 Å². The zero-order valence-corrected chi connectivity index (χ0v) is 10.9. The number of hydrogen-bond acceptors (Lipinski definition) is 2. The highest BCUT2D eigenvalue weighted by Gasteiger charge is 2.30. The van der Waals surface area contributed by atoms with Gasteiger partial charge in [-0.2, -0.15) is 11.3 Å². The molecule has 0 spiro atoms. The molecule has 0 radical (unpaired) electrons. The van der Waals surface area contributed by atoms with E-state index in [0.29, 0.717) is 0 Å². The highest BCUT2D eigenvalue weighted by molar-refractivity contribution is 7.07. The predicted molar refractivity (Wildman–Crippen MR) is 73.8 cm³/mol. The molecule has 1 aromatic heterocycles. The molecule has 1 aliphatic rings. The average Bonchev–Trinajstić information content (AvgIpc) is 3.09. The van der Waals surface area contributed by atoms with Crippen molar-refractivity contribution in [1.29, 1.82) is 0 Å². The van der Waals surface area contributed by atoms with E-state index in [1.54, 1.807) is 11.3 Å². The Bertz CT molecular complexity index is 521. The average molecular weight is 257 g/mol. The molecule has 0 bridgehead atoms. The lowest BCUT2D eigenvalue weighted by Crippen LogP contribution is -2.30. The van der Waals surface area contributed by atoms with Crippen LogP contribution in [0.1, 0.15) is 34.8 Å². The van der Waals surface area contributed by atoms with Crippen LogP contribution >= 0.6 is 11.3 Å². The van der Waals surface area contributed by atoms with E-state index in [-0.39, 0.29) is 11.9 Å². The lowest BCUT2D eigenvalue weighted by Gasteiger charge is -2.24. The number of nitrogens with zero attached hydrogens (tertiary/aromatic N) is 1. The first kappa shape index (κ1) is 11.5. The fourth-order valence-corrected chi connectivity index (χ4v) is 3.27. The number of carbonyl (C=O) groups is 1. The van der Waals surface area contributed by atoms with Gasteiger partial charge in [0.15, 0.2) is 0 Å². The highest BCUT2D eigenvalue weighted by Crippen LogP contribution is 2.34. The van der Waals surface area contributed by atoms with Crippen molar-refractivity contribution in [3.63, 3.8) is 0 Å². The van der Waals surface area contributed by atoms with E-state index >= 15 is 0 Å². The molecule has 0 N–H and O–H groups in total. The lowest BCUT2D eigenvalue weighted by atomic mass is 10.1. The Balaban J connectivity index is 1.85. The minimum absolute atomic E-state index is 0.157. The maximum absolute atomic E-state index is 12.5. The van der Waals surface area contributed by atoms with Gasteiger partial charge in [-0.3, -0.25) is 4.79 Å². The van der Waals surface area contributed by atoms with Crippen molar-refractivity contribution < 1.29 is 4.79 Å². The number of amides is 1. The molecule has 1 fully saturated rings. The molecule has 2 aromatic rings. The van der Waals surface area contributed by atoms with Crippen molar-refractivity contribution in [3.05, 3.63) is 58.3 Å². The molecule has 0 saturated carbocycles. The van der Waals surface area contributed by atoms with Crippen LogP contribution in [0.15, 0.2) is 47.2 Å². The molecule has 0 unspecified atom stereocenters. The van der Waals surface area contributed by atoms with E-state index in [4.69, 9.17) is 0 Å². The van der Waals surface area contributed by atoms with Crippen molar-refractivity contribution in [3.8, 4) is 0 Å². The fraction of sp³-hybridized carbons (Fsp3) is 0.267. The smallest absolute Gasteiger partial charge is 0.254 e. The largest absolute Gasteiger partial charge is 0.332 e. The predicted octanol–water partition coefficient (Wildman–Crippen LogP) is 3.73. The van der Waals surface area contributed by atoms with Gasteiger partial charge in [-0.25, -0.2) is 0 Å². The number of carbonyl (C=O) groups excluding carboxylic acids is 1. The van der Waals surface area contributed by atoms with Crippen LogP contribution in [0.2, 0.25) is 0 Å². The molecule has 0 aliphatic carbocycles.